The number of halogens is 3. The van der Waals surface area contributed by atoms with Crippen LogP contribution in [0.1, 0.15) is 13.3 Å². The first-order valence-electron chi connectivity index (χ1n) is 2.65. The third kappa shape index (κ3) is 5.99. The Labute approximate surface area is 60.2 Å². The molecule has 0 spiro atoms. The molecule has 0 saturated carbocycles. The lowest BCUT2D eigenvalue weighted by atomic mass is 10.3. The van der Waals surface area contributed by atoms with Gasteiger partial charge in [-0.25, -0.2) is 8.78 Å². The molecule has 0 heterocycles. The highest BCUT2D eigenvalue weighted by molar-refractivity contribution is 5.85. The summed E-state index contributed by atoms with van der Waals surface area (Å²) < 4.78 is 24.2. The van der Waals surface area contributed by atoms with E-state index in [1.165, 1.54) is 14.0 Å². The third-order valence-electron chi connectivity index (χ3n) is 0.953. The van der Waals surface area contributed by atoms with Gasteiger partial charge < -0.3 is 5.32 Å². The van der Waals surface area contributed by atoms with Gasteiger partial charge in [-0.1, -0.05) is 6.92 Å². The maximum absolute atomic E-state index is 12.1. The fraction of sp³-hybridized carbons (Fsp3) is 1.00. The van der Waals surface area contributed by atoms with Gasteiger partial charge in [-0.2, -0.15) is 0 Å². The minimum absolute atomic E-state index is 0. The number of nitrogens with one attached hydrogen (secondary N) is 1. The van der Waals surface area contributed by atoms with Crippen LogP contribution in [0.5, 0.6) is 0 Å². The van der Waals surface area contributed by atoms with Crippen molar-refractivity contribution in [1.82, 2.24) is 5.32 Å². The molecule has 0 rings (SSSR count). The Morgan fingerprint density at radius 3 is 2.00 bits per heavy atom. The summed E-state index contributed by atoms with van der Waals surface area (Å²) in [4.78, 5) is 0. The molecule has 0 aromatic rings. The van der Waals surface area contributed by atoms with Gasteiger partial charge in [-0.15, -0.1) is 12.4 Å². The molecule has 0 fully saturated rings. The standard InChI is InChI=1S/C5H11F2N.ClH/c1-3-5(6,7)4-8-2;/h8H,3-4H2,1-2H3;1H. The van der Waals surface area contributed by atoms with Gasteiger partial charge in [0.15, 0.2) is 0 Å². The normalized spacial score (nSPS) is 10.7. The molecule has 1 N–H and O–H groups in total. The summed E-state index contributed by atoms with van der Waals surface area (Å²) in [5, 5.41) is 2.41. The first-order valence-corrected chi connectivity index (χ1v) is 2.65. The first kappa shape index (κ1) is 11.9. The predicted octanol–water partition coefficient (Wildman–Crippen LogP) is 1.67. The van der Waals surface area contributed by atoms with Gasteiger partial charge in [0.25, 0.3) is 5.92 Å². The van der Waals surface area contributed by atoms with Crippen LogP contribution in [-0.2, 0) is 0 Å². The maximum atomic E-state index is 12.1. The average molecular weight is 160 g/mol. The highest BCUT2D eigenvalue weighted by Crippen LogP contribution is 2.14. The molecule has 0 aliphatic heterocycles. The van der Waals surface area contributed by atoms with E-state index in [0.717, 1.165) is 0 Å². The van der Waals surface area contributed by atoms with E-state index in [0.29, 0.717) is 0 Å². The second-order valence-electron chi connectivity index (χ2n) is 1.74. The molecule has 0 unspecified atom stereocenters. The molecule has 0 aliphatic rings. The summed E-state index contributed by atoms with van der Waals surface area (Å²) >= 11 is 0. The van der Waals surface area contributed by atoms with Crippen molar-refractivity contribution in [2.75, 3.05) is 13.6 Å². The van der Waals surface area contributed by atoms with Gasteiger partial charge in [0.2, 0.25) is 0 Å². The van der Waals surface area contributed by atoms with E-state index in [4.69, 9.17) is 0 Å². The van der Waals surface area contributed by atoms with Gasteiger partial charge in [0.1, 0.15) is 0 Å². The molecule has 0 aromatic heterocycles. The average Bonchev–Trinajstić information content (AvgIpc) is 1.67. The lowest BCUT2D eigenvalue weighted by Crippen LogP contribution is -2.29. The molecule has 0 bridgehead atoms. The Bertz CT molecular complexity index is 68.0. The van der Waals surface area contributed by atoms with Crippen molar-refractivity contribution in [2.24, 2.45) is 0 Å². The molecule has 0 aromatic carbocycles. The molecule has 4 heteroatoms. The van der Waals surface area contributed by atoms with E-state index in [1.54, 1.807) is 0 Å². The van der Waals surface area contributed by atoms with Gasteiger partial charge in [-0.05, 0) is 7.05 Å². The van der Waals surface area contributed by atoms with E-state index in [-0.39, 0.29) is 25.4 Å². The molecule has 0 aliphatic carbocycles. The number of alkyl halides is 2. The summed E-state index contributed by atoms with van der Waals surface area (Å²) in [6.45, 7) is 1.25. The summed E-state index contributed by atoms with van der Waals surface area (Å²) in [5.41, 5.74) is 0. The van der Waals surface area contributed by atoms with Crippen molar-refractivity contribution in [3.05, 3.63) is 0 Å². The van der Waals surface area contributed by atoms with Crippen LogP contribution in [0.3, 0.4) is 0 Å². The smallest absolute Gasteiger partial charge is 0.260 e. The van der Waals surface area contributed by atoms with Crippen molar-refractivity contribution >= 4 is 12.4 Å². The molecule has 0 atom stereocenters. The van der Waals surface area contributed by atoms with Crippen LogP contribution in [0.4, 0.5) is 8.78 Å². The zero-order chi connectivity index (χ0) is 6.62. The Morgan fingerprint density at radius 2 is 1.89 bits per heavy atom. The topological polar surface area (TPSA) is 12.0 Å². The van der Waals surface area contributed by atoms with Gasteiger partial charge in [-0.3, -0.25) is 0 Å². The van der Waals surface area contributed by atoms with Crippen LogP contribution in [0.15, 0.2) is 0 Å². The highest BCUT2D eigenvalue weighted by atomic mass is 35.5. The number of hydrogen-bond donors (Lipinski definition) is 1. The minimum atomic E-state index is -2.52. The van der Waals surface area contributed by atoms with E-state index in [1.807, 2.05) is 0 Å². The van der Waals surface area contributed by atoms with Gasteiger partial charge in [0, 0.05) is 6.42 Å². The monoisotopic (exact) mass is 159 g/mol. The van der Waals surface area contributed by atoms with Crippen molar-refractivity contribution in [3.63, 3.8) is 0 Å². The lowest BCUT2D eigenvalue weighted by Gasteiger charge is -2.11. The van der Waals surface area contributed by atoms with Crippen LogP contribution in [0, 0.1) is 0 Å². The lowest BCUT2D eigenvalue weighted by molar-refractivity contribution is 0.000238. The predicted molar refractivity (Wildman–Crippen MR) is 36.4 cm³/mol. The Balaban J connectivity index is 0. The molecular formula is C5H12ClF2N. The summed E-state index contributed by atoms with van der Waals surface area (Å²) in [6.07, 6.45) is -0.0894. The molecule has 0 saturated heterocycles. The molecule has 1 nitrogen and oxygen atoms in total. The summed E-state index contributed by atoms with van der Waals surface area (Å²) in [7, 11) is 1.52. The quantitative estimate of drug-likeness (QED) is 0.661. The zero-order valence-electron chi connectivity index (χ0n) is 5.58. The Hall–Kier alpha value is 0.110. The maximum Gasteiger partial charge on any atom is 0.260 e. The SMILES string of the molecule is CCC(F)(F)CNC.Cl. The van der Waals surface area contributed by atoms with Gasteiger partial charge in [0.05, 0.1) is 6.54 Å². The second-order valence-corrected chi connectivity index (χ2v) is 1.74. The fourth-order valence-electron chi connectivity index (χ4n) is 0.384. The first-order chi connectivity index (χ1) is 3.62. The van der Waals surface area contributed by atoms with E-state index < -0.39 is 5.92 Å². The zero-order valence-corrected chi connectivity index (χ0v) is 6.39. The van der Waals surface area contributed by atoms with Crippen molar-refractivity contribution in [3.8, 4) is 0 Å². The van der Waals surface area contributed by atoms with Gasteiger partial charge >= 0.3 is 0 Å². The van der Waals surface area contributed by atoms with Crippen molar-refractivity contribution in [1.29, 1.82) is 0 Å². The highest BCUT2D eigenvalue weighted by Gasteiger charge is 2.23. The van der Waals surface area contributed by atoms with Crippen LogP contribution >= 0.6 is 12.4 Å². The Kier molecular flexibility index (Phi) is 6.51. The van der Waals surface area contributed by atoms with Crippen LogP contribution in [0.2, 0.25) is 0 Å². The second kappa shape index (κ2) is 4.94. The number of rotatable bonds is 3. The molecule has 0 radical (unpaired) electrons. The van der Waals surface area contributed by atoms with Crippen LogP contribution < -0.4 is 5.32 Å². The van der Waals surface area contributed by atoms with Crippen LogP contribution in [-0.4, -0.2) is 19.5 Å². The van der Waals surface area contributed by atoms with Crippen LogP contribution in [0.25, 0.3) is 0 Å². The van der Waals surface area contributed by atoms with Crippen molar-refractivity contribution in [2.45, 2.75) is 19.3 Å². The molecule has 9 heavy (non-hydrogen) atoms. The molecule has 58 valence electrons. The largest absolute Gasteiger partial charge is 0.314 e. The fourth-order valence-corrected chi connectivity index (χ4v) is 0.384. The third-order valence-corrected chi connectivity index (χ3v) is 0.953. The number of hydrogen-bond acceptors (Lipinski definition) is 1. The summed E-state index contributed by atoms with van der Waals surface area (Å²) in [6, 6.07) is 0. The molecule has 0 amide bonds. The molecular weight excluding hydrogens is 148 g/mol. The minimum Gasteiger partial charge on any atom is -0.314 e. The van der Waals surface area contributed by atoms with E-state index in [2.05, 4.69) is 5.32 Å². The van der Waals surface area contributed by atoms with E-state index in [9.17, 15) is 8.78 Å². The van der Waals surface area contributed by atoms with E-state index >= 15 is 0 Å². The Morgan fingerprint density at radius 1 is 1.44 bits per heavy atom. The summed E-state index contributed by atoms with van der Waals surface area (Å²) in [5.74, 6) is -2.52. The van der Waals surface area contributed by atoms with Crippen molar-refractivity contribution < 1.29 is 8.78 Å².